The Labute approximate surface area is 306 Å². The third-order valence-electron chi connectivity index (χ3n) is 8.79. The molecule has 14 heteroatoms. The highest BCUT2D eigenvalue weighted by atomic mass is 16.7. The molecule has 3 aromatic carbocycles. The lowest BCUT2D eigenvalue weighted by molar-refractivity contribution is -0.282. The van der Waals surface area contributed by atoms with E-state index in [4.69, 9.17) is 33.2 Å². The molecule has 0 saturated carbocycles. The highest BCUT2D eigenvalue weighted by Crippen LogP contribution is 2.44. The number of ether oxygens (including phenoxy) is 7. The van der Waals surface area contributed by atoms with Gasteiger partial charge in [0.05, 0.1) is 12.7 Å². The first-order valence-electron chi connectivity index (χ1n) is 17.1. The van der Waals surface area contributed by atoms with Crippen LogP contribution in [0.25, 0.3) is 11.1 Å². The molecule has 14 nitrogen and oxygen atoms in total. The Kier molecular flexibility index (Phi) is 12.8. The van der Waals surface area contributed by atoms with Crippen molar-refractivity contribution in [1.82, 2.24) is 5.32 Å². The van der Waals surface area contributed by atoms with Gasteiger partial charge in [0.1, 0.15) is 12.4 Å². The Morgan fingerprint density at radius 2 is 1.38 bits per heavy atom. The second kappa shape index (κ2) is 17.6. The van der Waals surface area contributed by atoms with Crippen molar-refractivity contribution in [3.05, 3.63) is 89.0 Å². The molecule has 280 valence electrons. The van der Waals surface area contributed by atoms with E-state index >= 15 is 0 Å². The molecule has 0 bridgehead atoms. The normalized spacial score (nSPS) is 20.2. The van der Waals surface area contributed by atoms with E-state index in [1.165, 1.54) is 6.07 Å². The zero-order chi connectivity index (χ0) is 38.1. The zero-order valence-electron chi connectivity index (χ0n) is 29.7. The number of methoxy groups -OCH3 is 1. The standard InChI is InChI=1S/C39H41NO13/c1-22(42)49-33-34(50-23(2)43)36(51-24(3)44)38(53-35(33)37(45)47-4)52-32-19-25(16-17-26(32)20-41)11-9-10-18-40-39(46)48-21-31-29-14-7-5-12-27(29)28-13-6-8-15-30(28)31/h5-8,12-17,19-20,31,33-36,38H,9-11,18,21H2,1-4H3,(H,40,46)/t33-,34-,35-,36-,38+/m0/s1. The average Bonchev–Trinajstić information content (AvgIpc) is 3.45. The van der Waals surface area contributed by atoms with Crippen molar-refractivity contribution in [2.45, 2.75) is 76.7 Å². The number of aryl methyl sites for hydroxylation is 1. The number of amides is 1. The number of fused-ring (bicyclic) bond motifs is 3. The average molecular weight is 732 g/mol. The Balaban J connectivity index is 1.20. The highest BCUT2D eigenvalue weighted by molar-refractivity contribution is 5.80. The third kappa shape index (κ3) is 9.38. The summed E-state index contributed by atoms with van der Waals surface area (Å²) in [6, 6.07) is 21.0. The van der Waals surface area contributed by atoms with Crippen LogP contribution in [0.4, 0.5) is 4.79 Å². The molecule has 1 aliphatic heterocycles. The van der Waals surface area contributed by atoms with Gasteiger partial charge in [-0.25, -0.2) is 9.59 Å². The number of unbranched alkanes of at least 4 members (excludes halogenated alkanes) is 1. The van der Waals surface area contributed by atoms with E-state index in [0.717, 1.165) is 55.7 Å². The van der Waals surface area contributed by atoms with Crippen molar-refractivity contribution in [3.63, 3.8) is 0 Å². The second-order valence-electron chi connectivity index (χ2n) is 12.5. The number of alkyl carbamates (subject to hydrolysis) is 1. The lowest BCUT2D eigenvalue weighted by Crippen LogP contribution is -2.64. The summed E-state index contributed by atoms with van der Waals surface area (Å²) in [6.07, 6.45) is -6.11. The van der Waals surface area contributed by atoms with Crippen molar-refractivity contribution in [2.24, 2.45) is 0 Å². The number of carbonyl (C=O) groups is 6. The summed E-state index contributed by atoms with van der Waals surface area (Å²) in [4.78, 5) is 73.6. The monoisotopic (exact) mass is 731 g/mol. The first-order chi connectivity index (χ1) is 25.5. The van der Waals surface area contributed by atoms with Gasteiger partial charge in [-0.1, -0.05) is 54.6 Å². The molecule has 2 aliphatic rings. The van der Waals surface area contributed by atoms with Gasteiger partial charge in [-0.15, -0.1) is 0 Å². The van der Waals surface area contributed by atoms with Gasteiger partial charge in [-0.3, -0.25) is 19.2 Å². The molecule has 0 spiro atoms. The lowest BCUT2D eigenvalue weighted by Gasteiger charge is -2.43. The van der Waals surface area contributed by atoms with Gasteiger partial charge >= 0.3 is 30.0 Å². The minimum absolute atomic E-state index is 0.0209. The minimum Gasteiger partial charge on any atom is -0.467 e. The van der Waals surface area contributed by atoms with Crippen LogP contribution in [0.5, 0.6) is 5.75 Å². The maximum atomic E-state index is 12.8. The number of hydrogen-bond donors (Lipinski definition) is 1. The SMILES string of the molecule is COC(=O)[C@H]1O[C@@H](Oc2cc(CCCCNC(=O)OCC3c4ccccc4-c4ccccc43)ccc2C=O)[C@@H](OC(C)=O)[C@@H](OC(C)=O)[C@@H]1OC(C)=O. The van der Waals surface area contributed by atoms with E-state index in [-0.39, 0.29) is 23.8 Å². The van der Waals surface area contributed by atoms with Crippen molar-refractivity contribution in [3.8, 4) is 16.9 Å². The van der Waals surface area contributed by atoms with Crippen molar-refractivity contribution in [2.75, 3.05) is 20.3 Å². The fraction of sp³-hybridized carbons (Fsp3) is 0.385. The van der Waals surface area contributed by atoms with Gasteiger partial charge in [0, 0.05) is 33.2 Å². The van der Waals surface area contributed by atoms with Gasteiger partial charge in [-0.05, 0) is 59.2 Å². The van der Waals surface area contributed by atoms with Crippen LogP contribution in [0.2, 0.25) is 0 Å². The number of nitrogens with one attached hydrogen (secondary N) is 1. The Morgan fingerprint density at radius 3 is 1.98 bits per heavy atom. The third-order valence-corrected chi connectivity index (χ3v) is 8.79. The number of rotatable bonds is 14. The van der Waals surface area contributed by atoms with Gasteiger partial charge in [0.25, 0.3) is 0 Å². The van der Waals surface area contributed by atoms with Crippen LogP contribution in [0.3, 0.4) is 0 Å². The molecule has 5 rings (SSSR count). The smallest absolute Gasteiger partial charge is 0.407 e. The van der Waals surface area contributed by atoms with E-state index in [1.54, 1.807) is 12.1 Å². The van der Waals surface area contributed by atoms with Crippen molar-refractivity contribution < 1.29 is 61.9 Å². The molecule has 0 radical (unpaired) electrons. The molecule has 1 heterocycles. The molecule has 1 aliphatic carbocycles. The molecule has 53 heavy (non-hydrogen) atoms. The van der Waals surface area contributed by atoms with Crippen molar-refractivity contribution >= 4 is 36.3 Å². The summed E-state index contributed by atoms with van der Waals surface area (Å²) in [7, 11) is 1.08. The number of carbonyl (C=O) groups excluding carboxylic acids is 6. The molecule has 1 N–H and O–H groups in total. The van der Waals surface area contributed by atoms with Gasteiger partial charge in [0.15, 0.2) is 24.6 Å². The number of esters is 4. The minimum atomic E-state index is -1.66. The summed E-state index contributed by atoms with van der Waals surface area (Å²) in [5.74, 6) is -3.51. The Morgan fingerprint density at radius 1 is 0.774 bits per heavy atom. The maximum Gasteiger partial charge on any atom is 0.407 e. The molecular weight excluding hydrogens is 690 g/mol. The molecule has 3 aromatic rings. The highest BCUT2D eigenvalue weighted by Gasteiger charge is 2.56. The van der Waals surface area contributed by atoms with Crippen LogP contribution < -0.4 is 10.1 Å². The number of hydrogen-bond acceptors (Lipinski definition) is 13. The van der Waals surface area contributed by atoms with Crippen LogP contribution in [-0.2, 0) is 54.0 Å². The van der Waals surface area contributed by atoms with Crippen LogP contribution in [0.15, 0.2) is 66.7 Å². The van der Waals surface area contributed by atoms with E-state index in [1.807, 2.05) is 24.3 Å². The summed E-state index contributed by atoms with van der Waals surface area (Å²) in [6.45, 7) is 3.82. The van der Waals surface area contributed by atoms with Gasteiger partial charge in [-0.2, -0.15) is 0 Å². The zero-order valence-corrected chi connectivity index (χ0v) is 29.7. The molecule has 0 aromatic heterocycles. The summed E-state index contributed by atoms with van der Waals surface area (Å²) >= 11 is 0. The first-order valence-corrected chi connectivity index (χ1v) is 17.1. The van der Waals surface area contributed by atoms with Crippen molar-refractivity contribution in [1.29, 1.82) is 0 Å². The van der Waals surface area contributed by atoms with Crippen LogP contribution in [0, 0.1) is 0 Å². The fourth-order valence-corrected chi connectivity index (χ4v) is 6.53. The number of aldehydes is 1. The molecule has 1 saturated heterocycles. The number of benzene rings is 3. The first kappa shape index (κ1) is 38.5. The summed E-state index contributed by atoms with van der Waals surface area (Å²) < 4.78 is 38.4. The predicted octanol–water partition coefficient (Wildman–Crippen LogP) is 4.43. The summed E-state index contributed by atoms with van der Waals surface area (Å²) in [5.41, 5.74) is 5.41. The molecule has 1 amide bonds. The largest absolute Gasteiger partial charge is 0.467 e. The predicted molar refractivity (Wildman–Crippen MR) is 186 cm³/mol. The van der Waals surface area contributed by atoms with Gasteiger partial charge < -0.3 is 38.5 Å². The molecule has 5 atom stereocenters. The Hall–Kier alpha value is -5.76. The van der Waals surface area contributed by atoms with E-state index in [0.29, 0.717) is 32.1 Å². The topological polar surface area (TPSA) is 179 Å². The maximum absolute atomic E-state index is 12.8. The second-order valence-corrected chi connectivity index (χ2v) is 12.5. The molecule has 0 unspecified atom stereocenters. The fourth-order valence-electron chi connectivity index (χ4n) is 6.53. The van der Waals surface area contributed by atoms with E-state index in [9.17, 15) is 28.8 Å². The molecular formula is C39H41NO13. The van der Waals surface area contributed by atoms with Crippen LogP contribution >= 0.6 is 0 Å². The van der Waals surface area contributed by atoms with Crippen LogP contribution in [-0.4, -0.2) is 87.2 Å². The van der Waals surface area contributed by atoms with Gasteiger partial charge in [0.2, 0.25) is 12.4 Å². The van der Waals surface area contributed by atoms with E-state index < -0.39 is 60.7 Å². The lowest BCUT2D eigenvalue weighted by atomic mass is 9.97. The Bertz CT molecular complexity index is 1800. The summed E-state index contributed by atoms with van der Waals surface area (Å²) in [5, 5.41) is 2.80. The van der Waals surface area contributed by atoms with Crippen LogP contribution in [0.1, 0.15) is 66.6 Å². The van der Waals surface area contributed by atoms with E-state index in [2.05, 4.69) is 29.6 Å². The molecule has 1 fully saturated rings. The quantitative estimate of drug-likeness (QED) is 0.107.